The summed E-state index contributed by atoms with van der Waals surface area (Å²) in [6.07, 6.45) is 0. The Morgan fingerprint density at radius 1 is 1.06 bits per heavy atom. The molecule has 0 spiro atoms. The van der Waals surface area contributed by atoms with Crippen molar-refractivity contribution in [2.24, 2.45) is 0 Å². The predicted octanol–water partition coefficient (Wildman–Crippen LogP) is 4.46. The summed E-state index contributed by atoms with van der Waals surface area (Å²) in [5.74, 6) is 0.338. The van der Waals surface area contributed by atoms with Gasteiger partial charge in [-0.3, -0.25) is 4.79 Å². The highest BCUT2D eigenvalue weighted by molar-refractivity contribution is 7.89. The number of ether oxygens (including phenoxy) is 1. The molecule has 0 aliphatic heterocycles. The molecule has 0 heterocycles. The van der Waals surface area contributed by atoms with Crippen LogP contribution in [0, 0.1) is 0 Å². The molecule has 0 saturated carbocycles. The van der Waals surface area contributed by atoms with Gasteiger partial charge in [-0.1, -0.05) is 29.8 Å². The van der Waals surface area contributed by atoms with E-state index in [9.17, 15) is 13.2 Å². The minimum absolute atomic E-state index is 0.0258. The molecule has 3 aromatic carbocycles. The molecule has 0 atom stereocenters. The first kappa shape index (κ1) is 23.1. The molecule has 0 saturated heterocycles. The van der Waals surface area contributed by atoms with E-state index in [0.29, 0.717) is 0 Å². The smallest absolute Gasteiger partial charge is 0.253 e. The maximum atomic E-state index is 12.8. The third-order valence-corrected chi connectivity index (χ3v) is 7.51. The van der Waals surface area contributed by atoms with E-state index in [2.05, 4.69) is 5.32 Å². The number of nitrogens with one attached hydrogen (secondary N) is 1. The molecule has 0 radical (unpaired) electrons. The van der Waals surface area contributed by atoms with Crippen molar-refractivity contribution < 1.29 is 17.9 Å². The van der Waals surface area contributed by atoms with Crippen LogP contribution in [0.4, 0.5) is 0 Å². The average Bonchev–Trinajstić information content (AvgIpc) is 2.76. The van der Waals surface area contributed by atoms with Gasteiger partial charge in [0.05, 0.1) is 22.6 Å². The summed E-state index contributed by atoms with van der Waals surface area (Å²) in [7, 11) is -0.598. The van der Waals surface area contributed by atoms with Gasteiger partial charge in [0.2, 0.25) is 10.0 Å². The van der Waals surface area contributed by atoms with Crippen LogP contribution < -0.4 is 10.1 Å². The van der Waals surface area contributed by atoms with E-state index in [1.165, 1.54) is 29.6 Å². The molecular formula is C23H25ClN2O4S. The monoisotopic (exact) mass is 460 g/mol. The molecule has 31 heavy (non-hydrogen) atoms. The van der Waals surface area contributed by atoms with Crippen LogP contribution in [0.5, 0.6) is 5.75 Å². The standard InChI is InChI=1S/C23H25ClN2O4S/c1-15(2)26(3)31(28,29)20-9-10-22(24)21(13-20)23(27)25-14-16-5-6-18-12-19(30-4)8-7-17(18)11-16/h5-13,15H,14H2,1-4H3,(H,25,27). The first-order valence-electron chi connectivity index (χ1n) is 9.76. The summed E-state index contributed by atoms with van der Waals surface area (Å²) in [6, 6.07) is 15.6. The van der Waals surface area contributed by atoms with Crippen molar-refractivity contribution in [3.8, 4) is 5.75 Å². The number of rotatable bonds is 7. The zero-order chi connectivity index (χ0) is 22.8. The van der Waals surface area contributed by atoms with Crippen LogP contribution in [-0.2, 0) is 16.6 Å². The average molecular weight is 461 g/mol. The van der Waals surface area contributed by atoms with Gasteiger partial charge in [0, 0.05) is 19.6 Å². The van der Waals surface area contributed by atoms with Gasteiger partial charge in [0.1, 0.15) is 5.75 Å². The normalized spacial score (nSPS) is 11.8. The maximum Gasteiger partial charge on any atom is 0.253 e. The fourth-order valence-electron chi connectivity index (χ4n) is 3.07. The zero-order valence-corrected chi connectivity index (χ0v) is 19.4. The number of fused-ring (bicyclic) bond motifs is 1. The third kappa shape index (κ3) is 5.01. The Morgan fingerprint density at radius 3 is 2.42 bits per heavy atom. The predicted molar refractivity (Wildman–Crippen MR) is 123 cm³/mol. The van der Waals surface area contributed by atoms with Gasteiger partial charge in [0.25, 0.3) is 5.91 Å². The molecule has 6 nitrogen and oxygen atoms in total. The van der Waals surface area contributed by atoms with Crippen molar-refractivity contribution in [3.05, 3.63) is 70.7 Å². The second-order valence-corrected chi connectivity index (χ2v) is 9.89. The largest absolute Gasteiger partial charge is 0.497 e. The van der Waals surface area contributed by atoms with Gasteiger partial charge in [-0.15, -0.1) is 0 Å². The number of nitrogens with zero attached hydrogens (tertiary/aromatic N) is 1. The topological polar surface area (TPSA) is 75.7 Å². The minimum atomic E-state index is -3.72. The molecule has 1 N–H and O–H groups in total. The molecule has 3 rings (SSSR count). The fraction of sp³-hybridized carbons (Fsp3) is 0.261. The molecule has 1 amide bonds. The number of hydrogen-bond acceptors (Lipinski definition) is 4. The van der Waals surface area contributed by atoms with Crippen LogP contribution in [0.3, 0.4) is 0 Å². The van der Waals surface area contributed by atoms with Crippen molar-refractivity contribution in [1.29, 1.82) is 0 Å². The quantitative estimate of drug-likeness (QED) is 0.564. The van der Waals surface area contributed by atoms with Crippen molar-refractivity contribution in [2.45, 2.75) is 31.3 Å². The van der Waals surface area contributed by atoms with E-state index in [1.54, 1.807) is 21.0 Å². The zero-order valence-electron chi connectivity index (χ0n) is 17.8. The molecule has 0 bridgehead atoms. The Kier molecular flexibility index (Phi) is 6.89. The lowest BCUT2D eigenvalue weighted by molar-refractivity contribution is 0.0951. The van der Waals surface area contributed by atoms with E-state index in [4.69, 9.17) is 16.3 Å². The summed E-state index contributed by atoms with van der Waals surface area (Å²) in [5, 5.41) is 5.06. The molecular weight excluding hydrogens is 436 g/mol. The van der Waals surface area contributed by atoms with Gasteiger partial charge in [-0.2, -0.15) is 4.31 Å². The van der Waals surface area contributed by atoms with Gasteiger partial charge in [-0.25, -0.2) is 8.42 Å². The van der Waals surface area contributed by atoms with Crippen LogP contribution >= 0.6 is 11.6 Å². The molecule has 0 unspecified atom stereocenters. The van der Waals surface area contributed by atoms with Crippen molar-refractivity contribution >= 4 is 38.3 Å². The molecule has 3 aromatic rings. The molecule has 0 aliphatic rings. The van der Waals surface area contributed by atoms with E-state index in [-0.39, 0.29) is 28.1 Å². The van der Waals surface area contributed by atoms with Gasteiger partial charge in [-0.05, 0) is 66.6 Å². The molecule has 0 aliphatic carbocycles. The summed E-state index contributed by atoms with van der Waals surface area (Å²) >= 11 is 6.19. The van der Waals surface area contributed by atoms with Crippen LogP contribution in [0.1, 0.15) is 29.8 Å². The summed E-state index contributed by atoms with van der Waals surface area (Å²) in [6.45, 7) is 3.83. The highest BCUT2D eigenvalue weighted by Crippen LogP contribution is 2.24. The fourth-order valence-corrected chi connectivity index (χ4v) is 4.67. The number of carbonyl (C=O) groups is 1. The first-order chi connectivity index (χ1) is 14.6. The van der Waals surface area contributed by atoms with Crippen molar-refractivity contribution in [2.75, 3.05) is 14.2 Å². The van der Waals surface area contributed by atoms with Crippen LogP contribution in [0.15, 0.2) is 59.5 Å². The van der Waals surface area contributed by atoms with Crippen molar-refractivity contribution in [3.63, 3.8) is 0 Å². The Morgan fingerprint density at radius 2 is 1.74 bits per heavy atom. The van der Waals surface area contributed by atoms with Gasteiger partial charge >= 0.3 is 0 Å². The summed E-state index contributed by atoms with van der Waals surface area (Å²) in [4.78, 5) is 12.8. The van der Waals surface area contributed by atoms with Crippen LogP contribution in [-0.4, -0.2) is 38.8 Å². The van der Waals surface area contributed by atoms with E-state index in [1.807, 2.05) is 36.4 Å². The molecule has 164 valence electrons. The SMILES string of the molecule is COc1ccc2cc(CNC(=O)c3cc(S(=O)(=O)N(C)C(C)C)ccc3Cl)ccc2c1. The lowest BCUT2D eigenvalue weighted by Crippen LogP contribution is -2.33. The number of methoxy groups -OCH3 is 1. The summed E-state index contributed by atoms with van der Waals surface area (Å²) < 4.78 is 32.0. The number of sulfonamides is 1. The third-order valence-electron chi connectivity index (χ3n) is 5.15. The Hall–Kier alpha value is -2.61. The molecule has 0 aromatic heterocycles. The number of amides is 1. The van der Waals surface area contributed by atoms with Crippen LogP contribution in [0.2, 0.25) is 5.02 Å². The minimum Gasteiger partial charge on any atom is -0.497 e. The lowest BCUT2D eigenvalue weighted by Gasteiger charge is -2.21. The molecule has 8 heteroatoms. The Bertz CT molecular complexity index is 1230. The maximum absolute atomic E-state index is 12.8. The van der Waals surface area contributed by atoms with E-state index >= 15 is 0 Å². The lowest BCUT2D eigenvalue weighted by atomic mass is 10.1. The van der Waals surface area contributed by atoms with Gasteiger partial charge < -0.3 is 10.1 Å². The second kappa shape index (κ2) is 9.26. The van der Waals surface area contributed by atoms with Crippen LogP contribution in [0.25, 0.3) is 10.8 Å². The Balaban J connectivity index is 1.80. The number of hydrogen-bond donors (Lipinski definition) is 1. The first-order valence-corrected chi connectivity index (χ1v) is 11.6. The van der Waals surface area contributed by atoms with Crippen molar-refractivity contribution in [1.82, 2.24) is 9.62 Å². The number of halogens is 1. The van der Waals surface area contributed by atoms with E-state index in [0.717, 1.165) is 22.1 Å². The van der Waals surface area contributed by atoms with Gasteiger partial charge in [0.15, 0.2) is 0 Å². The highest BCUT2D eigenvalue weighted by atomic mass is 35.5. The number of benzene rings is 3. The summed E-state index contributed by atoms with van der Waals surface area (Å²) in [5.41, 5.74) is 1.02. The second-order valence-electron chi connectivity index (χ2n) is 7.49. The molecule has 0 fully saturated rings. The van der Waals surface area contributed by atoms with E-state index < -0.39 is 15.9 Å². The highest BCUT2D eigenvalue weighted by Gasteiger charge is 2.25. The Labute approximate surface area is 187 Å². The number of carbonyl (C=O) groups excluding carboxylic acids is 1.